The van der Waals surface area contributed by atoms with Crippen LogP contribution in [0.2, 0.25) is 0 Å². The molecule has 2 heterocycles. The Bertz CT molecular complexity index is 948. The van der Waals surface area contributed by atoms with E-state index in [0.29, 0.717) is 22.5 Å². The van der Waals surface area contributed by atoms with Crippen LogP contribution in [0.1, 0.15) is 31.7 Å². The lowest BCUT2D eigenvalue weighted by Crippen LogP contribution is -2.46. The number of carbonyl (C=O) groups excluding carboxylic acids is 1. The van der Waals surface area contributed by atoms with Gasteiger partial charge in [-0.2, -0.15) is 13.2 Å². The number of alkyl halides is 3. The fourth-order valence-electron chi connectivity index (χ4n) is 3.57. The summed E-state index contributed by atoms with van der Waals surface area (Å²) in [5, 5.41) is 8.67. The van der Waals surface area contributed by atoms with Crippen molar-refractivity contribution in [3.05, 3.63) is 30.1 Å². The molecule has 168 valence electrons. The Morgan fingerprint density at radius 3 is 2.68 bits per heavy atom. The molecular weight excluding hydrogens is 433 g/mol. The molecule has 0 radical (unpaired) electrons. The predicted octanol–water partition coefficient (Wildman–Crippen LogP) is 3.61. The summed E-state index contributed by atoms with van der Waals surface area (Å²) < 4.78 is 52.3. The molecule has 1 aliphatic heterocycles. The third-order valence-electron chi connectivity index (χ3n) is 5.46. The number of ether oxygens (including phenoxy) is 2. The van der Waals surface area contributed by atoms with Crippen molar-refractivity contribution >= 4 is 17.7 Å². The number of halogens is 3. The zero-order chi connectivity index (χ0) is 22.2. The maximum atomic E-state index is 13.0. The van der Waals surface area contributed by atoms with Gasteiger partial charge in [0.05, 0.1) is 5.75 Å². The van der Waals surface area contributed by atoms with Crippen LogP contribution < -0.4 is 9.47 Å². The molecule has 2 atom stereocenters. The van der Waals surface area contributed by atoms with E-state index < -0.39 is 30.8 Å². The number of benzene rings is 1. The van der Waals surface area contributed by atoms with Gasteiger partial charge in [-0.25, -0.2) is 0 Å². The number of hydrogen-bond donors (Lipinski definition) is 0. The van der Waals surface area contributed by atoms with Crippen LogP contribution in [-0.2, 0) is 11.8 Å². The largest absolute Gasteiger partial charge is 0.485 e. The first-order chi connectivity index (χ1) is 14.7. The Hall–Kier alpha value is -2.43. The van der Waals surface area contributed by atoms with Crippen LogP contribution in [0.25, 0.3) is 0 Å². The van der Waals surface area contributed by atoms with E-state index in [4.69, 9.17) is 9.47 Å². The molecular formula is C20H23F3N4O3S. The third kappa shape index (κ3) is 5.08. The number of thioether (sulfide) groups is 1. The lowest BCUT2D eigenvalue weighted by atomic mass is 10.2. The quantitative estimate of drug-likeness (QED) is 0.593. The van der Waals surface area contributed by atoms with Crippen LogP contribution in [0.3, 0.4) is 0 Å². The Labute approximate surface area is 181 Å². The Morgan fingerprint density at radius 1 is 1.29 bits per heavy atom. The van der Waals surface area contributed by atoms with E-state index in [0.717, 1.165) is 29.5 Å². The predicted molar refractivity (Wildman–Crippen MR) is 107 cm³/mol. The van der Waals surface area contributed by atoms with Gasteiger partial charge in [-0.3, -0.25) is 4.79 Å². The lowest BCUT2D eigenvalue weighted by molar-refractivity contribution is -0.164. The van der Waals surface area contributed by atoms with E-state index in [1.807, 2.05) is 18.2 Å². The van der Waals surface area contributed by atoms with Crippen molar-refractivity contribution < 1.29 is 27.4 Å². The summed E-state index contributed by atoms with van der Waals surface area (Å²) in [6.45, 7) is 0.705. The van der Waals surface area contributed by atoms with Crippen LogP contribution >= 0.6 is 11.8 Å². The highest BCUT2D eigenvalue weighted by Crippen LogP contribution is 2.37. The van der Waals surface area contributed by atoms with Gasteiger partial charge in [0.1, 0.15) is 13.2 Å². The van der Waals surface area contributed by atoms with Gasteiger partial charge < -0.3 is 18.9 Å². The minimum atomic E-state index is -4.43. The zero-order valence-electron chi connectivity index (χ0n) is 17.1. The summed E-state index contributed by atoms with van der Waals surface area (Å²) in [5.74, 6) is 1.20. The van der Waals surface area contributed by atoms with Gasteiger partial charge in [-0.15, -0.1) is 10.2 Å². The monoisotopic (exact) mass is 456 g/mol. The first-order valence-corrected chi connectivity index (χ1v) is 11.0. The topological polar surface area (TPSA) is 69.5 Å². The maximum absolute atomic E-state index is 13.0. The van der Waals surface area contributed by atoms with Gasteiger partial charge in [-0.05, 0) is 37.8 Å². The smallest absolute Gasteiger partial charge is 0.406 e. The number of rotatable bonds is 7. The average molecular weight is 456 g/mol. The SMILES string of the molecule is CC(C1CC1)N(CC(F)(F)F)C(=O)CSc1nnc(C2COc3ccccc3O2)n1C. The average Bonchev–Trinajstić information content (AvgIpc) is 3.52. The van der Waals surface area contributed by atoms with Crippen molar-refractivity contribution in [1.29, 1.82) is 0 Å². The fourth-order valence-corrected chi connectivity index (χ4v) is 4.38. The molecule has 0 bridgehead atoms. The molecule has 0 saturated heterocycles. The highest BCUT2D eigenvalue weighted by atomic mass is 32.2. The van der Waals surface area contributed by atoms with E-state index in [1.165, 1.54) is 0 Å². The molecule has 4 rings (SSSR count). The van der Waals surface area contributed by atoms with Gasteiger partial charge >= 0.3 is 6.18 Å². The second-order valence-corrected chi connectivity index (χ2v) is 8.71. The lowest BCUT2D eigenvalue weighted by Gasteiger charge is -2.30. The van der Waals surface area contributed by atoms with Gasteiger partial charge in [0.15, 0.2) is 28.6 Å². The molecule has 2 aromatic rings. The highest BCUT2D eigenvalue weighted by molar-refractivity contribution is 7.99. The van der Waals surface area contributed by atoms with E-state index >= 15 is 0 Å². The number of hydrogen-bond acceptors (Lipinski definition) is 6. The molecule has 1 fully saturated rings. The molecule has 2 aliphatic rings. The molecule has 1 saturated carbocycles. The highest BCUT2D eigenvalue weighted by Gasteiger charge is 2.40. The molecule has 2 unspecified atom stereocenters. The summed E-state index contributed by atoms with van der Waals surface area (Å²) >= 11 is 1.06. The van der Waals surface area contributed by atoms with Crippen LogP contribution in [0, 0.1) is 5.92 Å². The summed E-state index contributed by atoms with van der Waals surface area (Å²) in [6.07, 6.45) is -3.20. The second-order valence-electron chi connectivity index (χ2n) is 7.77. The molecule has 1 aromatic heterocycles. The van der Waals surface area contributed by atoms with E-state index in [9.17, 15) is 18.0 Å². The van der Waals surface area contributed by atoms with Gasteiger partial charge in [0, 0.05) is 13.1 Å². The van der Waals surface area contributed by atoms with Crippen LogP contribution in [0.15, 0.2) is 29.4 Å². The molecule has 0 spiro atoms. The normalized spacial score (nSPS) is 19.2. The number of aromatic nitrogens is 3. The third-order valence-corrected chi connectivity index (χ3v) is 6.46. The number of para-hydroxylation sites is 2. The number of carbonyl (C=O) groups is 1. The Balaban J connectivity index is 1.41. The van der Waals surface area contributed by atoms with E-state index in [-0.39, 0.29) is 18.3 Å². The van der Waals surface area contributed by atoms with Gasteiger partial charge in [0.25, 0.3) is 0 Å². The number of nitrogens with zero attached hydrogens (tertiary/aromatic N) is 4. The van der Waals surface area contributed by atoms with Crippen molar-refractivity contribution in [3.63, 3.8) is 0 Å². The zero-order valence-corrected chi connectivity index (χ0v) is 17.9. The van der Waals surface area contributed by atoms with E-state index in [2.05, 4.69) is 10.2 Å². The van der Waals surface area contributed by atoms with Crippen LogP contribution in [-0.4, -0.2) is 56.7 Å². The summed E-state index contributed by atoms with van der Waals surface area (Å²) in [6, 6.07) is 6.86. The van der Waals surface area contributed by atoms with Crippen LogP contribution in [0.4, 0.5) is 13.2 Å². The summed E-state index contributed by atoms with van der Waals surface area (Å²) in [7, 11) is 1.73. The van der Waals surface area contributed by atoms with Crippen molar-refractivity contribution in [2.75, 3.05) is 18.9 Å². The first kappa shape index (κ1) is 21.8. The second kappa shape index (κ2) is 8.60. The summed E-state index contributed by atoms with van der Waals surface area (Å²) in [4.78, 5) is 13.6. The molecule has 11 heteroatoms. The first-order valence-electron chi connectivity index (χ1n) is 9.99. The number of fused-ring (bicyclic) bond motifs is 1. The Kier molecular flexibility index (Phi) is 6.05. The van der Waals surface area contributed by atoms with Crippen molar-refractivity contribution in [1.82, 2.24) is 19.7 Å². The van der Waals surface area contributed by atoms with Crippen molar-refractivity contribution in [2.45, 2.75) is 43.2 Å². The molecule has 7 nitrogen and oxygen atoms in total. The van der Waals surface area contributed by atoms with Gasteiger partial charge in [-0.1, -0.05) is 23.9 Å². The standard InChI is InChI=1S/C20H23F3N4O3S/c1-12(13-7-8-13)27(11-20(21,22)23)17(28)10-31-19-25-24-18(26(19)2)16-9-29-14-5-3-4-6-15(14)30-16/h3-6,12-13,16H,7-11H2,1-2H3. The van der Waals surface area contributed by atoms with E-state index in [1.54, 1.807) is 24.6 Å². The van der Waals surface area contributed by atoms with Gasteiger partial charge in [0.2, 0.25) is 5.91 Å². The van der Waals surface area contributed by atoms with Crippen molar-refractivity contribution in [2.24, 2.45) is 13.0 Å². The Morgan fingerprint density at radius 2 is 2.00 bits per heavy atom. The minimum absolute atomic E-state index is 0.143. The summed E-state index contributed by atoms with van der Waals surface area (Å²) in [5.41, 5.74) is 0. The van der Waals surface area contributed by atoms with Crippen LogP contribution in [0.5, 0.6) is 11.5 Å². The fraction of sp³-hybridized carbons (Fsp3) is 0.550. The maximum Gasteiger partial charge on any atom is 0.406 e. The molecule has 31 heavy (non-hydrogen) atoms. The molecule has 1 aromatic carbocycles. The molecule has 0 N–H and O–H groups in total. The molecule has 1 aliphatic carbocycles. The van der Waals surface area contributed by atoms with Crippen molar-refractivity contribution in [3.8, 4) is 11.5 Å². The molecule has 1 amide bonds. The minimum Gasteiger partial charge on any atom is -0.485 e. The number of amides is 1.